The molecular formula is C23H18ClN5O2. The molecule has 0 aliphatic heterocycles. The first kappa shape index (κ1) is 20.4. The largest absolute Gasteiger partial charge is 0.495 e. The zero-order chi connectivity index (χ0) is 21.8. The summed E-state index contributed by atoms with van der Waals surface area (Å²) in [6, 6.07) is 14.3. The van der Waals surface area contributed by atoms with Gasteiger partial charge in [0, 0.05) is 43.2 Å². The van der Waals surface area contributed by atoms with E-state index in [-0.39, 0.29) is 5.56 Å². The monoisotopic (exact) mass is 431 g/mol. The summed E-state index contributed by atoms with van der Waals surface area (Å²) in [5.41, 5.74) is 3.19. The molecule has 0 atom stereocenters. The minimum absolute atomic E-state index is 0.194. The van der Waals surface area contributed by atoms with E-state index in [1.807, 2.05) is 12.1 Å². The van der Waals surface area contributed by atoms with Gasteiger partial charge in [-0.15, -0.1) is 0 Å². The summed E-state index contributed by atoms with van der Waals surface area (Å²) in [7, 11) is 1.54. The molecule has 154 valence electrons. The number of rotatable bonds is 6. The topological polar surface area (TPSA) is 96.6 Å². The van der Waals surface area contributed by atoms with Crippen LogP contribution in [0.5, 0.6) is 5.75 Å². The van der Waals surface area contributed by atoms with Crippen LogP contribution in [0.2, 0.25) is 5.02 Å². The van der Waals surface area contributed by atoms with Crippen LogP contribution in [0.25, 0.3) is 5.82 Å². The number of aromatic amines is 1. The molecule has 4 aromatic rings. The van der Waals surface area contributed by atoms with Gasteiger partial charge in [-0.2, -0.15) is 5.26 Å². The molecule has 0 aliphatic carbocycles. The molecule has 0 amide bonds. The quantitative estimate of drug-likeness (QED) is 0.502. The number of nitriles is 1. The summed E-state index contributed by atoms with van der Waals surface area (Å²) in [4.78, 5) is 24.1. The van der Waals surface area contributed by atoms with Crippen molar-refractivity contribution in [1.29, 1.82) is 5.26 Å². The molecule has 0 fully saturated rings. The normalized spacial score (nSPS) is 10.6. The lowest BCUT2D eigenvalue weighted by molar-refractivity contribution is 0.413. The summed E-state index contributed by atoms with van der Waals surface area (Å²) >= 11 is 5.98. The van der Waals surface area contributed by atoms with Gasteiger partial charge < -0.3 is 9.72 Å². The number of hydrogen-bond donors (Lipinski definition) is 1. The van der Waals surface area contributed by atoms with Crippen LogP contribution in [0.3, 0.4) is 0 Å². The molecule has 1 N–H and O–H groups in total. The van der Waals surface area contributed by atoms with Crippen LogP contribution >= 0.6 is 11.6 Å². The Hall–Kier alpha value is -3.89. The fourth-order valence-electron chi connectivity index (χ4n) is 3.26. The molecule has 0 unspecified atom stereocenters. The average molecular weight is 432 g/mol. The van der Waals surface area contributed by atoms with Gasteiger partial charge in [0.2, 0.25) is 0 Å². The van der Waals surface area contributed by atoms with Crippen molar-refractivity contribution in [3.05, 3.63) is 105 Å². The molecule has 3 heterocycles. The minimum atomic E-state index is -0.194. The highest BCUT2D eigenvalue weighted by atomic mass is 35.5. The van der Waals surface area contributed by atoms with E-state index in [0.29, 0.717) is 35.0 Å². The zero-order valence-electron chi connectivity index (χ0n) is 16.7. The Morgan fingerprint density at radius 2 is 1.94 bits per heavy atom. The van der Waals surface area contributed by atoms with E-state index in [1.165, 1.54) is 10.6 Å². The third-order valence-electron chi connectivity index (χ3n) is 4.76. The Morgan fingerprint density at radius 3 is 2.68 bits per heavy atom. The number of halogens is 1. The van der Waals surface area contributed by atoms with Crippen molar-refractivity contribution in [2.24, 2.45) is 0 Å². The van der Waals surface area contributed by atoms with Gasteiger partial charge >= 0.3 is 0 Å². The number of imidazole rings is 1. The highest BCUT2D eigenvalue weighted by Crippen LogP contribution is 2.20. The molecule has 3 aromatic heterocycles. The maximum atomic E-state index is 12.0. The Kier molecular flexibility index (Phi) is 5.83. The summed E-state index contributed by atoms with van der Waals surface area (Å²) < 4.78 is 6.59. The summed E-state index contributed by atoms with van der Waals surface area (Å²) in [5, 5.41) is 9.71. The number of aromatic nitrogens is 4. The fourth-order valence-corrected chi connectivity index (χ4v) is 3.42. The summed E-state index contributed by atoms with van der Waals surface area (Å²) in [6.07, 6.45) is 6.26. The molecule has 31 heavy (non-hydrogen) atoms. The molecule has 0 saturated heterocycles. The predicted octanol–water partition coefficient (Wildman–Crippen LogP) is 3.67. The highest BCUT2D eigenvalue weighted by Gasteiger charge is 2.08. The van der Waals surface area contributed by atoms with Crippen LogP contribution in [0.4, 0.5) is 0 Å². The van der Waals surface area contributed by atoms with E-state index in [1.54, 1.807) is 50.0 Å². The number of hydrogen-bond acceptors (Lipinski definition) is 5. The number of nitrogens with one attached hydrogen (secondary N) is 1. The van der Waals surface area contributed by atoms with E-state index in [9.17, 15) is 10.1 Å². The van der Waals surface area contributed by atoms with E-state index in [0.717, 1.165) is 22.6 Å². The van der Waals surface area contributed by atoms with Crippen LogP contribution in [0.1, 0.15) is 28.2 Å². The Labute approximate surface area is 183 Å². The van der Waals surface area contributed by atoms with Crippen LogP contribution in [0, 0.1) is 11.3 Å². The van der Waals surface area contributed by atoms with Crippen molar-refractivity contribution in [2.45, 2.75) is 12.8 Å². The van der Waals surface area contributed by atoms with Crippen molar-refractivity contribution >= 4 is 11.6 Å². The molecule has 0 spiro atoms. The van der Waals surface area contributed by atoms with Crippen molar-refractivity contribution in [2.75, 3.05) is 7.11 Å². The van der Waals surface area contributed by atoms with Gasteiger partial charge in [-0.3, -0.25) is 9.36 Å². The zero-order valence-corrected chi connectivity index (χ0v) is 17.4. The van der Waals surface area contributed by atoms with Crippen LogP contribution in [-0.4, -0.2) is 26.6 Å². The number of nitrogens with zero attached hydrogens (tertiary/aromatic N) is 4. The van der Waals surface area contributed by atoms with Gasteiger partial charge in [-0.05, 0) is 35.4 Å². The first-order chi connectivity index (χ1) is 15.1. The lowest BCUT2D eigenvalue weighted by atomic mass is 10.1. The van der Waals surface area contributed by atoms with Gasteiger partial charge in [-0.25, -0.2) is 9.97 Å². The SMILES string of the molecule is COc1ccc(Cc2ncc(Cc3ccc(-n4cc(Cl)ccc4=O)nc3)[nH]2)cc1C#N. The van der Waals surface area contributed by atoms with E-state index < -0.39 is 0 Å². The Bertz CT molecular complexity index is 1320. The predicted molar refractivity (Wildman–Crippen MR) is 117 cm³/mol. The molecule has 8 heteroatoms. The minimum Gasteiger partial charge on any atom is -0.495 e. The van der Waals surface area contributed by atoms with E-state index in [4.69, 9.17) is 16.3 Å². The first-order valence-corrected chi connectivity index (χ1v) is 9.87. The lowest BCUT2D eigenvalue weighted by Crippen LogP contribution is -2.17. The van der Waals surface area contributed by atoms with Gasteiger partial charge in [-0.1, -0.05) is 23.7 Å². The molecular weight excluding hydrogens is 414 g/mol. The summed E-state index contributed by atoms with van der Waals surface area (Å²) in [6.45, 7) is 0. The van der Waals surface area contributed by atoms with Gasteiger partial charge in [0.1, 0.15) is 23.5 Å². The average Bonchev–Trinajstić information content (AvgIpc) is 3.22. The standard InChI is InChI=1S/C23H18ClN5O2/c1-31-20-5-2-15(8-17(20)11-25)10-21-26-13-19(28-21)9-16-3-6-22(27-12-16)29-14-18(24)4-7-23(29)30/h2-8,12-14H,9-10H2,1H3,(H,26,28). The van der Waals surface area contributed by atoms with Crippen molar-refractivity contribution in [3.8, 4) is 17.6 Å². The second-order valence-electron chi connectivity index (χ2n) is 6.94. The number of ether oxygens (including phenoxy) is 1. The Morgan fingerprint density at radius 1 is 1.10 bits per heavy atom. The van der Waals surface area contributed by atoms with Crippen LogP contribution in [-0.2, 0) is 12.8 Å². The summed E-state index contributed by atoms with van der Waals surface area (Å²) in [5.74, 6) is 1.87. The molecule has 0 saturated carbocycles. The number of methoxy groups -OCH3 is 1. The fraction of sp³-hybridized carbons (Fsp3) is 0.130. The number of pyridine rings is 2. The molecule has 0 aliphatic rings. The van der Waals surface area contributed by atoms with Crippen LogP contribution < -0.4 is 10.3 Å². The molecule has 7 nitrogen and oxygen atoms in total. The molecule has 1 aromatic carbocycles. The van der Waals surface area contributed by atoms with E-state index in [2.05, 4.69) is 21.0 Å². The molecule has 0 radical (unpaired) electrons. The smallest absolute Gasteiger partial charge is 0.256 e. The maximum Gasteiger partial charge on any atom is 0.256 e. The van der Waals surface area contributed by atoms with Crippen molar-refractivity contribution in [3.63, 3.8) is 0 Å². The molecule has 0 bridgehead atoms. The van der Waals surface area contributed by atoms with Crippen molar-refractivity contribution < 1.29 is 4.74 Å². The van der Waals surface area contributed by atoms with Crippen LogP contribution in [0.15, 0.2) is 65.8 Å². The maximum absolute atomic E-state index is 12.0. The second kappa shape index (κ2) is 8.86. The second-order valence-corrected chi connectivity index (χ2v) is 7.37. The van der Waals surface area contributed by atoms with Gasteiger partial charge in [0.05, 0.1) is 17.7 Å². The first-order valence-electron chi connectivity index (χ1n) is 9.49. The van der Waals surface area contributed by atoms with Crippen molar-refractivity contribution in [1.82, 2.24) is 19.5 Å². The third-order valence-corrected chi connectivity index (χ3v) is 4.99. The Balaban J connectivity index is 1.46. The molecule has 4 rings (SSSR count). The number of H-pyrrole nitrogens is 1. The van der Waals surface area contributed by atoms with Gasteiger partial charge in [0.25, 0.3) is 5.56 Å². The van der Waals surface area contributed by atoms with Gasteiger partial charge in [0.15, 0.2) is 0 Å². The highest BCUT2D eigenvalue weighted by molar-refractivity contribution is 6.30. The lowest BCUT2D eigenvalue weighted by Gasteiger charge is -2.06. The third kappa shape index (κ3) is 4.65. The number of benzene rings is 1. The van der Waals surface area contributed by atoms with E-state index >= 15 is 0 Å².